The van der Waals surface area contributed by atoms with Gasteiger partial charge < -0.3 is 14.9 Å². The summed E-state index contributed by atoms with van der Waals surface area (Å²) < 4.78 is 0. The van der Waals surface area contributed by atoms with Gasteiger partial charge >= 0.3 is 12.0 Å². The van der Waals surface area contributed by atoms with Crippen LogP contribution in [0.25, 0.3) is 0 Å². The van der Waals surface area contributed by atoms with Gasteiger partial charge in [0, 0.05) is 19.6 Å². The molecule has 0 aliphatic carbocycles. The molecule has 19 heavy (non-hydrogen) atoms. The van der Waals surface area contributed by atoms with E-state index in [2.05, 4.69) is 0 Å². The molecule has 1 N–H and O–H groups in total. The Hall–Kier alpha value is -1.26. The van der Waals surface area contributed by atoms with Crippen molar-refractivity contribution in [1.29, 1.82) is 0 Å². The van der Waals surface area contributed by atoms with Crippen molar-refractivity contribution in [3.8, 4) is 0 Å². The smallest absolute Gasteiger partial charge is 0.326 e. The summed E-state index contributed by atoms with van der Waals surface area (Å²) in [6, 6.07) is -0.711. The zero-order valence-electron chi connectivity index (χ0n) is 11.7. The van der Waals surface area contributed by atoms with Crippen molar-refractivity contribution in [2.75, 3.05) is 19.6 Å². The fourth-order valence-electron chi connectivity index (χ4n) is 3.16. The molecule has 2 unspecified atom stereocenters. The molecule has 2 amide bonds. The maximum absolute atomic E-state index is 12.5. The Kier molecular flexibility index (Phi) is 4.66. The molecule has 0 spiro atoms. The molecule has 2 atom stereocenters. The normalized spacial score (nSPS) is 28.9. The van der Waals surface area contributed by atoms with Crippen LogP contribution in [0.1, 0.15) is 45.4 Å². The van der Waals surface area contributed by atoms with Gasteiger partial charge in [-0.15, -0.1) is 0 Å². The number of amides is 2. The fraction of sp³-hybridized carbons (Fsp3) is 0.857. The number of carbonyl (C=O) groups is 2. The molecule has 0 aromatic carbocycles. The first-order chi connectivity index (χ1) is 9.11. The number of likely N-dealkylation sites (tertiary alicyclic amines) is 2. The number of rotatable bonds is 1. The average Bonchev–Trinajstić information content (AvgIpc) is 2.70. The van der Waals surface area contributed by atoms with E-state index in [1.165, 1.54) is 19.3 Å². The molecule has 2 heterocycles. The zero-order valence-corrected chi connectivity index (χ0v) is 11.7. The number of carboxylic acids is 1. The van der Waals surface area contributed by atoms with Crippen LogP contribution < -0.4 is 0 Å². The SMILES string of the molecule is CC1CCN(C(=O)N2CCCCCCC2)C1C(=O)O. The molecule has 0 radical (unpaired) electrons. The number of urea groups is 1. The lowest BCUT2D eigenvalue weighted by Crippen LogP contribution is -2.50. The molecule has 5 nitrogen and oxygen atoms in total. The van der Waals surface area contributed by atoms with Crippen molar-refractivity contribution >= 4 is 12.0 Å². The van der Waals surface area contributed by atoms with Crippen LogP contribution in [-0.4, -0.2) is 52.6 Å². The molecule has 2 aliphatic rings. The van der Waals surface area contributed by atoms with E-state index >= 15 is 0 Å². The predicted molar refractivity (Wildman–Crippen MR) is 72.0 cm³/mol. The number of hydrogen-bond donors (Lipinski definition) is 1. The molecule has 0 aromatic heterocycles. The van der Waals surface area contributed by atoms with E-state index < -0.39 is 12.0 Å². The average molecular weight is 268 g/mol. The first-order valence-electron chi connectivity index (χ1n) is 7.39. The van der Waals surface area contributed by atoms with E-state index in [1.54, 1.807) is 4.90 Å². The second-order valence-electron chi connectivity index (χ2n) is 5.78. The van der Waals surface area contributed by atoms with Crippen molar-refractivity contribution in [2.24, 2.45) is 5.92 Å². The second kappa shape index (κ2) is 6.26. The van der Waals surface area contributed by atoms with E-state index in [1.807, 2.05) is 11.8 Å². The highest BCUT2D eigenvalue weighted by Crippen LogP contribution is 2.26. The minimum Gasteiger partial charge on any atom is -0.480 e. The van der Waals surface area contributed by atoms with Gasteiger partial charge in [0.15, 0.2) is 0 Å². The van der Waals surface area contributed by atoms with Crippen molar-refractivity contribution in [1.82, 2.24) is 9.80 Å². The molecule has 2 fully saturated rings. The number of nitrogens with zero attached hydrogens (tertiary/aromatic N) is 2. The van der Waals surface area contributed by atoms with Crippen LogP contribution in [-0.2, 0) is 4.79 Å². The van der Waals surface area contributed by atoms with E-state index in [9.17, 15) is 14.7 Å². The summed E-state index contributed by atoms with van der Waals surface area (Å²) in [5, 5.41) is 9.29. The maximum atomic E-state index is 12.5. The second-order valence-corrected chi connectivity index (χ2v) is 5.78. The highest BCUT2D eigenvalue weighted by atomic mass is 16.4. The van der Waals surface area contributed by atoms with Gasteiger partial charge in [-0.1, -0.05) is 26.2 Å². The quantitative estimate of drug-likeness (QED) is 0.792. The van der Waals surface area contributed by atoms with Crippen LogP contribution in [0.2, 0.25) is 0 Å². The Labute approximate surface area is 114 Å². The van der Waals surface area contributed by atoms with Crippen LogP contribution >= 0.6 is 0 Å². The topological polar surface area (TPSA) is 60.9 Å². The summed E-state index contributed by atoms with van der Waals surface area (Å²) in [6.07, 6.45) is 6.45. The number of carboxylic acid groups (broad SMARTS) is 1. The van der Waals surface area contributed by atoms with Gasteiger partial charge in [0.2, 0.25) is 0 Å². The van der Waals surface area contributed by atoms with Gasteiger partial charge in [-0.2, -0.15) is 0 Å². The molecular weight excluding hydrogens is 244 g/mol. The lowest BCUT2D eigenvalue weighted by Gasteiger charge is -2.32. The van der Waals surface area contributed by atoms with Crippen LogP contribution in [0.15, 0.2) is 0 Å². The van der Waals surface area contributed by atoms with Crippen molar-refractivity contribution < 1.29 is 14.7 Å². The van der Waals surface area contributed by atoms with Crippen LogP contribution in [0.5, 0.6) is 0 Å². The summed E-state index contributed by atoms with van der Waals surface area (Å²) in [4.78, 5) is 27.3. The summed E-state index contributed by atoms with van der Waals surface area (Å²) in [5.74, 6) is -0.818. The highest BCUT2D eigenvalue weighted by molar-refractivity contribution is 5.83. The van der Waals surface area contributed by atoms with Gasteiger partial charge in [0.1, 0.15) is 6.04 Å². The number of carbonyl (C=O) groups excluding carboxylic acids is 1. The summed E-state index contributed by atoms with van der Waals surface area (Å²) in [5.41, 5.74) is 0. The summed E-state index contributed by atoms with van der Waals surface area (Å²) in [6.45, 7) is 4.04. The fourth-order valence-corrected chi connectivity index (χ4v) is 3.16. The molecule has 5 heteroatoms. The van der Waals surface area contributed by atoms with Crippen molar-refractivity contribution in [2.45, 2.75) is 51.5 Å². The third-order valence-electron chi connectivity index (χ3n) is 4.33. The predicted octanol–water partition coefficient (Wildman–Crippen LogP) is 2.17. The van der Waals surface area contributed by atoms with Gasteiger partial charge in [0.05, 0.1) is 0 Å². The molecule has 0 bridgehead atoms. The standard InChI is InChI=1S/C14H24N2O3/c1-11-7-10-16(12(11)13(17)18)14(19)15-8-5-3-2-4-6-9-15/h11-12H,2-10H2,1H3,(H,17,18). The maximum Gasteiger partial charge on any atom is 0.326 e. The Morgan fingerprint density at radius 1 is 1.00 bits per heavy atom. The summed E-state index contributed by atoms with van der Waals surface area (Å²) >= 11 is 0. The Morgan fingerprint density at radius 2 is 1.58 bits per heavy atom. The Morgan fingerprint density at radius 3 is 2.16 bits per heavy atom. The molecule has 0 saturated carbocycles. The Balaban J connectivity index is 2.02. The minimum atomic E-state index is -0.870. The van der Waals surface area contributed by atoms with Gasteiger partial charge in [0.25, 0.3) is 0 Å². The van der Waals surface area contributed by atoms with Gasteiger partial charge in [-0.3, -0.25) is 0 Å². The third kappa shape index (κ3) is 3.19. The molecular formula is C14H24N2O3. The number of aliphatic carboxylic acids is 1. The van der Waals surface area contributed by atoms with Crippen molar-refractivity contribution in [3.05, 3.63) is 0 Å². The largest absolute Gasteiger partial charge is 0.480 e. The van der Waals surface area contributed by atoms with Gasteiger partial charge in [-0.25, -0.2) is 9.59 Å². The van der Waals surface area contributed by atoms with Gasteiger partial charge in [-0.05, 0) is 25.2 Å². The molecule has 0 aromatic rings. The van der Waals surface area contributed by atoms with E-state index in [4.69, 9.17) is 0 Å². The first-order valence-corrected chi connectivity index (χ1v) is 7.39. The lowest BCUT2D eigenvalue weighted by atomic mass is 10.0. The molecule has 108 valence electrons. The molecule has 2 rings (SSSR count). The van der Waals surface area contributed by atoms with Crippen LogP contribution in [0.3, 0.4) is 0 Å². The molecule has 2 aliphatic heterocycles. The van der Waals surface area contributed by atoms with Crippen LogP contribution in [0, 0.1) is 5.92 Å². The van der Waals surface area contributed by atoms with Crippen LogP contribution in [0.4, 0.5) is 4.79 Å². The number of hydrogen-bond acceptors (Lipinski definition) is 2. The summed E-state index contributed by atoms with van der Waals surface area (Å²) in [7, 11) is 0. The highest BCUT2D eigenvalue weighted by Gasteiger charge is 2.40. The van der Waals surface area contributed by atoms with E-state index in [-0.39, 0.29) is 11.9 Å². The third-order valence-corrected chi connectivity index (χ3v) is 4.33. The van der Waals surface area contributed by atoms with E-state index in [0.29, 0.717) is 6.54 Å². The minimum absolute atomic E-state index is 0.0520. The van der Waals surface area contributed by atoms with E-state index in [0.717, 1.165) is 32.4 Å². The Bertz CT molecular complexity index is 338. The zero-order chi connectivity index (χ0) is 13.8. The lowest BCUT2D eigenvalue weighted by molar-refractivity contribution is -0.142. The van der Waals surface area contributed by atoms with Crippen molar-refractivity contribution in [3.63, 3.8) is 0 Å². The molecule has 2 saturated heterocycles. The first kappa shape index (κ1) is 14.2. The monoisotopic (exact) mass is 268 g/mol.